The first kappa shape index (κ1) is 84.5. The number of nitrogens with zero attached hydrogens (tertiary/aromatic N) is 1. The van der Waals surface area contributed by atoms with Crippen LogP contribution in [-0.4, -0.2) is 87.4 Å². The number of ether oxygens (including phenoxy) is 4. The summed E-state index contributed by atoms with van der Waals surface area (Å²) in [6.45, 7) is 4.81. The van der Waals surface area contributed by atoms with Crippen LogP contribution in [0, 0.1) is 0 Å². The van der Waals surface area contributed by atoms with E-state index in [2.05, 4.69) is 98.9 Å². The van der Waals surface area contributed by atoms with Crippen LogP contribution in [0.3, 0.4) is 0 Å². The molecule has 0 aromatic rings. The SMILES string of the molecule is CC/C=C\C/C=C\C/C=C\C/C=C\C/C=C\C/C=C\C/C=C\CCCCCCCCCCCCCCCC(=O)OC(COC(=O)CCCCCCCCCCCCCCCCCCCCCCCCCCCCCC)COC(OCC[N+](C)(C)C)C(=O)O. The molecule has 1 N–H and O–H groups in total. The second-order valence-corrected chi connectivity index (χ2v) is 26.2. The number of quaternary nitrogens is 1. The number of carbonyl (C=O) groups is 3. The summed E-state index contributed by atoms with van der Waals surface area (Å²) in [5.74, 6) is -1.99. The predicted molar refractivity (Wildman–Crippen MR) is 378 cm³/mol. The van der Waals surface area contributed by atoms with E-state index >= 15 is 0 Å². The van der Waals surface area contributed by atoms with Crippen LogP contribution in [0.2, 0.25) is 0 Å². The summed E-state index contributed by atoms with van der Waals surface area (Å²) in [6.07, 6.45) is 91.4. The molecule has 9 nitrogen and oxygen atoms in total. The lowest BCUT2D eigenvalue weighted by atomic mass is 10.0. The maximum atomic E-state index is 13.0. The van der Waals surface area contributed by atoms with Gasteiger partial charge in [-0.25, -0.2) is 4.79 Å². The van der Waals surface area contributed by atoms with Gasteiger partial charge in [-0.1, -0.05) is 343 Å². The van der Waals surface area contributed by atoms with Gasteiger partial charge in [0.25, 0.3) is 6.29 Å². The molecule has 9 heteroatoms. The summed E-state index contributed by atoms with van der Waals surface area (Å²) in [7, 11) is 5.99. The van der Waals surface area contributed by atoms with E-state index in [-0.39, 0.29) is 32.2 Å². The Labute approximate surface area is 544 Å². The number of esters is 2. The van der Waals surface area contributed by atoms with Crippen molar-refractivity contribution in [3.63, 3.8) is 0 Å². The fraction of sp³-hybridized carbons (Fsp3) is 0.785. The lowest BCUT2D eigenvalue weighted by Gasteiger charge is -2.25. The summed E-state index contributed by atoms with van der Waals surface area (Å²) in [6, 6.07) is 0. The van der Waals surface area contributed by atoms with Gasteiger partial charge in [-0.2, -0.15) is 0 Å². The molecule has 510 valence electrons. The quantitative estimate of drug-likeness (QED) is 0.0211. The molecular formula is C79H142NO8+. The summed E-state index contributed by atoms with van der Waals surface area (Å²) in [4.78, 5) is 37.7. The first-order chi connectivity index (χ1) is 43.1. The van der Waals surface area contributed by atoms with Crippen molar-refractivity contribution in [1.82, 2.24) is 0 Å². The lowest BCUT2D eigenvalue weighted by Crippen LogP contribution is -2.40. The Morgan fingerprint density at radius 3 is 0.966 bits per heavy atom. The molecule has 88 heavy (non-hydrogen) atoms. The summed E-state index contributed by atoms with van der Waals surface area (Å²) >= 11 is 0. The molecule has 0 heterocycles. The van der Waals surface area contributed by atoms with Crippen LogP contribution in [0.4, 0.5) is 0 Å². The molecule has 0 bridgehead atoms. The zero-order valence-corrected chi connectivity index (χ0v) is 58.4. The van der Waals surface area contributed by atoms with Gasteiger partial charge in [-0.15, -0.1) is 0 Å². The molecule has 0 rings (SSSR count). The number of likely N-dealkylation sites (N-methyl/N-ethyl adjacent to an activating group) is 1. The van der Waals surface area contributed by atoms with Crippen molar-refractivity contribution in [3.05, 3.63) is 85.1 Å². The standard InChI is InChI=1S/C79H141NO8/c1-6-8-10-12-14-16-18-20-22-24-26-28-30-32-34-36-37-38-39-40-41-42-44-46-48-50-52-54-56-58-60-62-64-66-68-70-77(82)88-75(74-87-79(78(83)84)85-72-71-80(3,4)5)73-86-76(81)69-67-65-63-61-59-57-55-53-51-49-47-45-43-35-33-31-29-27-25-23-21-19-17-15-13-11-9-7-2/h8,10,14,16,20,22,26,28,32,34,37-38,40-41,75,79H,6-7,9,11-13,15,17-19,21,23-25,27,29-31,33,35-36,39,42-74H2,1-5H3/p+1/b10-8-,16-14-,22-20-,28-26-,34-32-,38-37-,41-40-. The summed E-state index contributed by atoms with van der Waals surface area (Å²) in [5, 5.41) is 9.76. The minimum Gasteiger partial charge on any atom is -0.477 e. The van der Waals surface area contributed by atoms with Crippen LogP contribution < -0.4 is 0 Å². The Bertz CT molecular complexity index is 1720. The molecule has 0 saturated carbocycles. The van der Waals surface area contributed by atoms with Crippen molar-refractivity contribution in [2.75, 3.05) is 47.5 Å². The van der Waals surface area contributed by atoms with Crippen LogP contribution in [0.15, 0.2) is 85.1 Å². The Balaban J connectivity index is 4.07. The van der Waals surface area contributed by atoms with Crippen molar-refractivity contribution in [2.24, 2.45) is 0 Å². The van der Waals surface area contributed by atoms with Crippen molar-refractivity contribution in [3.8, 4) is 0 Å². The van der Waals surface area contributed by atoms with E-state index in [1.54, 1.807) is 0 Å². The number of carboxylic acid groups (broad SMARTS) is 1. The maximum Gasteiger partial charge on any atom is 0.361 e. The number of aliphatic carboxylic acids is 1. The molecule has 0 amide bonds. The number of rotatable bonds is 69. The number of hydrogen-bond acceptors (Lipinski definition) is 7. The molecule has 0 fully saturated rings. The van der Waals surface area contributed by atoms with Crippen molar-refractivity contribution in [1.29, 1.82) is 0 Å². The fourth-order valence-electron chi connectivity index (χ4n) is 10.8. The average molecular weight is 1230 g/mol. The van der Waals surface area contributed by atoms with Gasteiger partial charge in [-0.3, -0.25) is 9.59 Å². The van der Waals surface area contributed by atoms with Crippen molar-refractivity contribution in [2.45, 2.75) is 354 Å². The minimum atomic E-state index is -1.51. The van der Waals surface area contributed by atoms with E-state index in [4.69, 9.17) is 18.9 Å². The van der Waals surface area contributed by atoms with Gasteiger partial charge in [0.2, 0.25) is 0 Å². The predicted octanol–water partition coefficient (Wildman–Crippen LogP) is 23.4. The molecular weight excluding hydrogens is 1090 g/mol. The van der Waals surface area contributed by atoms with Crippen LogP contribution >= 0.6 is 0 Å². The maximum absolute atomic E-state index is 13.0. The molecule has 0 aliphatic rings. The molecule has 0 spiro atoms. The van der Waals surface area contributed by atoms with Crippen molar-refractivity contribution >= 4 is 17.9 Å². The lowest BCUT2D eigenvalue weighted by molar-refractivity contribution is -0.870. The van der Waals surface area contributed by atoms with Gasteiger partial charge in [-0.05, 0) is 70.6 Å². The van der Waals surface area contributed by atoms with E-state index < -0.39 is 24.3 Å². The third kappa shape index (κ3) is 69.9. The van der Waals surface area contributed by atoms with Gasteiger partial charge in [0.1, 0.15) is 13.2 Å². The number of carbonyl (C=O) groups excluding carboxylic acids is 2. The fourth-order valence-corrected chi connectivity index (χ4v) is 10.8. The van der Waals surface area contributed by atoms with Gasteiger partial charge >= 0.3 is 17.9 Å². The zero-order chi connectivity index (χ0) is 64.0. The molecule has 2 unspecified atom stereocenters. The Morgan fingerprint density at radius 1 is 0.352 bits per heavy atom. The molecule has 0 saturated heterocycles. The molecule has 0 radical (unpaired) electrons. The van der Waals surface area contributed by atoms with E-state index in [1.807, 2.05) is 21.1 Å². The minimum absolute atomic E-state index is 0.181. The Morgan fingerprint density at radius 2 is 0.648 bits per heavy atom. The van der Waals surface area contributed by atoms with Gasteiger partial charge in [0.05, 0.1) is 34.4 Å². The normalized spacial score (nSPS) is 13.1. The molecule has 0 aromatic heterocycles. The zero-order valence-electron chi connectivity index (χ0n) is 58.4. The molecule has 0 aliphatic carbocycles. The Kier molecular flexibility index (Phi) is 66.6. The smallest absolute Gasteiger partial charge is 0.361 e. The number of hydrogen-bond donors (Lipinski definition) is 1. The van der Waals surface area contributed by atoms with E-state index in [0.29, 0.717) is 17.4 Å². The topological polar surface area (TPSA) is 108 Å². The number of allylic oxidation sites excluding steroid dienone is 14. The van der Waals surface area contributed by atoms with Crippen LogP contribution in [0.25, 0.3) is 0 Å². The van der Waals surface area contributed by atoms with Gasteiger partial charge < -0.3 is 28.5 Å². The highest BCUT2D eigenvalue weighted by Gasteiger charge is 2.25. The van der Waals surface area contributed by atoms with E-state index in [1.165, 1.54) is 231 Å². The Hall–Kier alpha value is -3.53. The second kappa shape index (κ2) is 69.4. The van der Waals surface area contributed by atoms with Crippen LogP contribution in [-0.2, 0) is 33.3 Å². The largest absolute Gasteiger partial charge is 0.477 e. The van der Waals surface area contributed by atoms with Gasteiger partial charge in [0, 0.05) is 12.8 Å². The van der Waals surface area contributed by atoms with E-state index in [0.717, 1.165) is 83.5 Å². The monoisotopic (exact) mass is 1230 g/mol. The summed E-state index contributed by atoms with van der Waals surface area (Å²) < 4.78 is 23.0. The van der Waals surface area contributed by atoms with Gasteiger partial charge in [0.15, 0.2) is 6.10 Å². The molecule has 0 aromatic carbocycles. The third-order valence-corrected chi connectivity index (χ3v) is 16.4. The van der Waals surface area contributed by atoms with Crippen LogP contribution in [0.1, 0.15) is 341 Å². The number of unbranched alkanes of at least 4 members (excludes halogenated alkanes) is 40. The first-order valence-corrected chi connectivity index (χ1v) is 37.3. The highest BCUT2D eigenvalue weighted by Crippen LogP contribution is 2.19. The second-order valence-electron chi connectivity index (χ2n) is 26.2. The molecule has 0 aliphatic heterocycles. The first-order valence-electron chi connectivity index (χ1n) is 37.3. The number of carboxylic acids is 1. The molecule has 2 atom stereocenters. The summed E-state index contributed by atoms with van der Waals surface area (Å²) in [5.41, 5.74) is 0. The average Bonchev–Trinajstić information content (AvgIpc) is 3.54. The highest BCUT2D eigenvalue weighted by atomic mass is 16.7. The van der Waals surface area contributed by atoms with Crippen molar-refractivity contribution < 1.29 is 42.9 Å². The third-order valence-electron chi connectivity index (χ3n) is 16.4. The van der Waals surface area contributed by atoms with E-state index in [9.17, 15) is 19.5 Å². The highest BCUT2D eigenvalue weighted by molar-refractivity contribution is 5.71. The van der Waals surface area contributed by atoms with Crippen LogP contribution in [0.5, 0.6) is 0 Å².